The zero-order valence-electron chi connectivity index (χ0n) is 14.8. The molecule has 0 saturated carbocycles. The predicted molar refractivity (Wildman–Crippen MR) is 95.5 cm³/mol. The Balaban J connectivity index is 2.05. The number of hydrogen-bond acceptors (Lipinski definition) is 5. The first-order chi connectivity index (χ1) is 11.0. The highest BCUT2D eigenvalue weighted by Gasteiger charge is 2.16. The molecule has 0 aliphatic rings. The fraction of sp³-hybridized carbons (Fsp3) is 0.500. The van der Waals surface area contributed by atoms with Crippen LogP contribution in [0.15, 0.2) is 27.6 Å². The third-order valence-corrected chi connectivity index (χ3v) is 4.91. The van der Waals surface area contributed by atoms with Crippen LogP contribution in [0.1, 0.15) is 42.5 Å². The van der Waals surface area contributed by atoms with Crippen LogP contribution in [0.3, 0.4) is 0 Å². The van der Waals surface area contributed by atoms with Crippen molar-refractivity contribution >= 4 is 11.8 Å². The first-order valence-electron chi connectivity index (χ1n) is 7.86. The van der Waals surface area contributed by atoms with E-state index in [4.69, 9.17) is 9.26 Å². The van der Waals surface area contributed by atoms with E-state index in [0.29, 0.717) is 6.04 Å². The largest absolute Gasteiger partial charge is 0.496 e. The summed E-state index contributed by atoms with van der Waals surface area (Å²) in [6.07, 6.45) is 2.97. The van der Waals surface area contributed by atoms with E-state index in [-0.39, 0.29) is 6.04 Å². The van der Waals surface area contributed by atoms with Gasteiger partial charge in [0.05, 0.1) is 12.8 Å². The number of aromatic nitrogens is 1. The Kier molecular flexibility index (Phi) is 6.13. The Hall–Kier alpha value is -1.46. The Morgan fingerprint density at radius 1 is 1.30 bits per heavy atom. The quantitative estimate of drug-likeness (QED) is 0.765. The van der Waals surface area contributed by atoms with E-state index in [2.05, 4.69) is 48.8 Å². The normalized spacial score (nSPS) is 13.8. The lowest BCUT2D eigenvalue weighted by Crippen LogP contribution is -2.31. The van der Waals surface area contributed by atoms with Crippen molar-refractivity contribution in [3.63, 3.8) is 0 Å². The van der Waals surface area contributed by atoms with E-state index in [1.165, 1.54) is 11.1 Å². The molecule has 2 rings (SSSR count). The molecule has 1 heterocycles. The fourth-order valence-electron chi connectivity index (χ4n) is 2.80. The molecule has 1 aromatic carbocycles. The summed E-state index contributed by atoms with van der Waals surface area (Å²) >= 11 is 1.70. The van der Waals surface area contributed by atoms with Crippen LogP contribution in [0, 0.1) is 13.8 Å². The van der Waals surface area contributed by atoms with Crippen molar-refractivity contribution in [2.24, 2.45) is 0 Å². The molecule has 4 nitrogen and oxygen atoms in total. The molecular weight excluding hydrogens is 308 g/mol. The van der Waals surface area contributed by atoms with Crippen LogP contribution >= 0.6 is 11.8 Å². The second-order valence-corrected chi connectivity index (χ2v) is 6.76. The van der Waals surface area contributed by atoms with Gasteiger partial charge >= 0.3 is 0 Å². The van der Waals surface area contributed by atoms with Crippen LogP contribution < -0.4 is 10.1 Å². The molecule has 2 unspecified atom stereocenters. The van der Waals surface area contributed by atoms with Crippen molar-refractivity contribution < 1.29 is 9.26 Å². The fourth-order valence-corrected chi connectivity index (χ4v) is 3.35. The Labute approximate surface area is 143 Å². The minimum Gasteiger partial charge on any atom is -0.496 e. The predicted octanol–water partition coefficient (Wildman–Crippen LogP) is 4.30. The van der Waals surface area contributed by atoms with Crippen LogP contribution in [0.5, 0.6) is 5.75 Å². The summed E-state index contributed by atoms with van der Waals surface area (Å²) in [6, 6.07) is 6.97. The zero-order valence-corrected chi connectivity index (χ0v) is 15.6. The van der Waals surface area contributed by atoms with Crippen LogP contribution in [0.4, 0.5) is 0 Å². The van der Waals surface area contributed by atoms with Crippen molar-refractivity contribution in [1.82, 2.24) is 10.5 Å². The van der Waals surface area contributed by atoms with E-state index in [1.54, 1.807) is 18.9 Å². The van der Waals surface area contributed by atoms with Gasteiger partial charge in [-0.3, -0.25) is 0 Å². The summed E-state index contributed by atoms with van der Waals surface area (Å²) in [5.74, 6) is 1.84. The standard InChI is InChI=1S/C18H26N2O2S/c1-11(9-16-13(3)20-22-14(16)4)19-12(2)15-7-8-18(23-6)17(10-15)21-5/h7-8,10-12,19H,9H2,1-6H3. The molecular formula is C18H26N2O2S. The van der Waals surface area contributed by atoms with Gasteiger partial charge in [0, 0.05) is 22.5 Å². The highest BCUT2D eigenvalue weighted by Crippen LogP contribution is 2.30. The number of benzene rings is 1. The highest BCUT2D eigenvalue weighted by molar-refractivity contribution is 7.98. The summed E-state index contributed by atoms with van der Waals surface area (Å²) in [6.45, 7) is 8.33. The average Bonchev–Trinajstić information content (AvgIpc) is 2.85. The lowest BCUT2D eigenvalue weighted by molar-refractivity contribution is 0.391. The van der Waals surface area contributed by atoms with Crippen molar-refractivity contribution in [1.29, 1.82) is 0 Å². The van der Waals surface area contributed by atoms with Crippen LogP contribution in [0.25, 0.3) is 0 Å². The molecule has 0 bridgehead atoms. The lowest BCUT2D eigenvalue weighted by Gasteiger charge is -2.21. The molecule has 0 spiro atoms. The number of rotatable bonds is 7. The van der Waals surface area contributed by atoms with Gasteiger partial charge in [0.15, 0.2) is 0 Å². The highest BCUT2D eigenvalue weighted by atomic mass is 32.2. The molecule has 23 heavy (non-hydrogen) atoms. The molecule has 0 aliphatic heterocycles. The third kappa shape index (κ3) is 4.30. The molecule has 0 saturated heterocycles. The van der Waals surface area contributed by atoms with Crippen molar-refractivity contribution in [3.8, 4) is 5.75 Å². The maximum atomic E-state index is 5.48. The van der Waals surface area contributed by atoms with Gasteiger partial charge in [-0.05, 0) is 58.1 Å². The van der Waals surface area contributed by atoms with Gasteiger partial charge < -0.3 is 14.6 Å². The second-order valence-electron chi connectivity index (χ2n) is 5.91. The number of methoxy groups -OCH3 is 1. The SMILES string of the molecule is COc1cc(C(C)NC(C)Cc2c(C)noc2C)ccc1SC. The maximum absolute atomic E-state index is 5.48. The van der Waals surface area contributed by atoms with E-state index >= 15 is 0 Å². The molecule has 1 aromatic heterocycles. The Morgan fingerprint density at radius 3 is 2.61 bits per heavy atom. The van der Waals surface area contributed by atoms with Gasteiger partial charge in [-0.1, -0.05) is 11.2 Å². The van der Waals surface area contributed by atoms with Crippen molar-refractivity contribution in [3.05, 3.63) is 40.8 Å². The monoisotopic (exact) mass is 334 g/mol. The smallest absolute Gasteiger partial charge is 0.137 e. The van der Waals surface area contributed by atoms with Crippen LogP contribution in [-0.4, -0.2) is 24.6 Å². The molecule has 2 aromatic rings. The number of thioether (sulfide) groups is 1. The molecule has 0 fully saturated rings. The molecule has 0 aliphatic carbocycles. The first kappa shape index (κ1) is 17.9. The summed E-state index contributed by atoms with van der Waals surface area (Å²) in [5, 5.41) is 7.67. The molecule has 0 amide bonds. The van der Waals surface area contributed by atoms with E-state index in [9.17, 15) is 0 Å². The van der Waals surface area contributed by atoms with E-state index in [1.807, 2.05) is 13.8 Å². The summed E-state index contributed by atoms with van der Waals surface area (Å²) in [5.41, 5.74) is 3.41. The number of ether oxygens (including phenoxy) is 1. The van der Waals surface area contributed by atoms with Gasteiger partial charge in [-0.25, -0.2) is 0 Å². The van der Waals surface area contributed by atoms with Gasteiger partial charge in [0.2, 0.25) is 0 Å². The number of nitrogens with zero attached hydrogens (tertiary/aromatic N) is 1. The molecule has 2 atom stereocenters. The third-order valence-electron chi connectivity index (χ3n) is 4.13. The van der Waals surface area contributed by atoms with Gasteiger partial charge in [-0.15, -0.1) is 11.8 Å². The van der Waals surface area contributed by atoms with E-state index < -0.39 is 0 Å². The summed E-state index contributed by atoms with van der Waals surface area (Å²) < 4.78 is 10.7. The van der Waals surface area contributed by atoms with Crippen LogP contribution in [-0.2, 0) is 6.42 Å². The van der Waals surface area contributed by atoms with Gasteiger partial charge in [0.1, 0.15) is 11.5 Å². The maximum Gasteiger partial charge on any atom is 0.137 e. The zero-order chi connectivity index (χ0) is 17.0. The number of hydrogen-bond donors (Lipinski definition) is 1. The lowest BCUT2D eigenvalue weighted by atomic mass is 10.0. The van der Waals surface area contributed by atoms with Gasteiger partial charge in [-0.2, -0.15) is 0 Å². The minimum atomic E-state index is 0.246. The van der Waals surface area contributed by atoms with Crippen LogP contribution in [0.2, 0.25) is 0 Å². The number of aryl methyl sites for hydroxylation is 2. The summed E-state index contributed by atoms with van der Waals surface area (Å²) in [7, 11) is 1.72. The average molecular weight is 334 g/mol. The van der Waals surface area contributed by atoms with E-state index in [0.717, 1.165) is 28.5 Å². The number of nitrogens with one attached hydrogen (secondary N) is 1. The molecule has 126 valence electrons. The van der Waals surface area contributed by atoms with Crippen molar-refractivity contribution in [2.75, 3.05) is 13.4 Å². The molecule has 1 N–H and O–H groups in total. The minimum absolute atomic E-state index is 0.246. The second kappa shape index (κ2) is 7.88. The van der Waals surface area contributed by atoms with Crippen molar-refractivity contribution in [2.45, 2.75) is 51.1 Å². The Bertz CT molecular complexity index is 635. The topological polar surface area (TPSA) is 47.3 Å². The molecule has 0 radical (unpaired) electrons. The first-order valence-corrected chi connectivity index (χ1v) is 9.08. The Morgan fingerprint density at radius 2 is 2.04 bits per heavy atom. The summed E-state index contributed by atoms with van der Waals surface area (Å²) in [4.78, 5) is 1.16. The van der Waals surface area contributed by atoms with Gasteiger partial charge in [0.25, 0.3) is 0 Å². The molecule has 5 heteroatoms.